The van der Waals surface area contributed by atoms with E-state index < -0.39 is 0 Å². The van der Waals surface area contributed by atoms with Gasteiger partial charge >= 0.3 is 0 Å². The molecule has 0 atom stereocenters. The molecule has 2 aromatic heterocycles. The third-order valence-electron chi connectivity index (χ3n) is 2.00. The number of thiophene rings is 1. The summed E-state index contributed by atoms with van der Waals surface area (Å²) in [6.45, 7) is 6.74. The molecule has 0 spiro atoms. The maximum Gasteiger partial charge on any atom is 0.133 e. The Bertz CT molecular complexity index is 421. The van der Waals surface area contributed by atoms with Gasteiger partial charge in [-0.25, -0.2) is 4.98 Å². The van der Waals surface area contributed by atoms with E-state index in [-0.39, 0.29) is 0 Å². The lowest BCUT2D eigenvalue weighted by molar-refractivity contribution is 0.407. The number of hydrogen-bond donors (Lipinski definition) is 0. The van der Waals surface area contributed by atoms with Crippen LogP contribution in [0.4, 0.5) is 0 Å². The minimum Gasteiger partial charge on any atom is -0.240 e. The molecule has 0 saturated carbocycles. The Labute approximate surface area is 98.8 Å². The fourth-order valence-electron chi connectivity index (χ4n) is 1.44. The SMILES string of the molecule is CC(C)(C)Cc1csc(-c2cccs2)n1. The molecule has 0 aliphatic rings. The minimum absolute atomic E-state index is 0.320. The summed E-state index contributed by atoms with van der Waals surface area (Å²) in [5, 5.41) is 5.43. The summed E-state index contributed by atoms with van der Waals surface area (Å²) < 4.78 is 0. The van der Waals surface area contributed by atoms with Crippen LogP contribution >= 0.6 is 22.7 Å². The van der Waals surface area contributed by atoms with Crippen molar-refractivity contribution >= 4 is 22.7 Å². The van der Waals surface area contributed by atoms with Gasteiger partial charge in [-0.2, -0.15) is 0 Å². The summed E-state index contributed by atoms with van der Waals surface area (Å²) in [6.07, 6.45) is 1.05. The Kier molecular flexibility index (Phi) is 2.94. The minimum atomic E-state index is 0.320. The average Bonchev–Trinajstić information content (AvgIpc) is 2.68. The van der Waals surface area contributed by atoms with Gasteiger partial charge in [0.1, 0.15) is 5.01 Å². The van der Waals surface area contributed by atoms with Crippen LogP contribution in [0.1, 0.15) is 26.5 Å². The standard InChI is InChI=1S/C12H15NS2/c1-12(2,3)7-9-8-15-11(13-9)10-5-4-6-14-10/h4-6,8H,7H2,1-3H3. The van der Waals surface area contributed by atoms with Crippen LogP contribution in [0.15, 0.2) is 22.9 Å². The molecule has 0 fully saturated rings. The van der Waals surface area contributed by atoms with Gasteiger partial charge in [0.15, 0.2) is 0 Å². The van der Waals surface area contributed by atoms with Crippen molar-refractivity contribution in [1.82, 2.24) is 4.98 Å². The van der Waals surface area contributed by atoms with E-state index >= 15 is 0 Å². The second kappa shape index (κ2) is 4.06. The van der Waals surface area contributed by atoms with Crippen LogP contribution in [0.5, 0.6) is 0 Å². The Morgan fingerprint density at radius 1 is 1.27 bits per heavy atom. The van der Waals surface area contributed by atoms with Crippen LogP contribution in [0.2, 0.25) is 0 Å². The molecular weight excluding hydrogens is 222 g/mol. The van der Waals surface area contributed by atoms with Gasteiger partial charge in [-0.15, -0.1) is 22.7 Å². The van der Waals surface area contributed by atoms with Crippen LogP contribution in [-0.4, -0.2) is 4.98 Å². The van der Waals surface area contributed by atoms with Crippen molar-refractivity contribution in [2.75, 3.05) is 0 Å². The van der Waals surface area contributed by atoms with Crippen LogP contribution in [0.25, 0.3) is 9.88 Å². The van der Waals surface area contributed by atoms with E-state index in [1.807, 2.05) is 0 Å². The zero-order valence-electron chi connectivity index (χ0n) is 9.28. The van der Waals surface area contributed by atoms with Crippen LogP contribution in [0.3, 0.4) is 0 Å². The molecule has 0 aliphatic heterocycles. The predicted octanol–water partition coefficient (Wildman–Crippen LogP) is 4.46. The molecule has 0 saturated heterocycles. The third kappa shape index (κ3) is 2.89. The number of aromatic nitrogens is 1. The molecule has 80 valence electrons. The van der Waals surface area contributed by atoms with Crippen molar-refractivity contribution in [2.24, 2.45) is 5.41 Å². The molecule has 0 unspecified atom stereocenters. The maximum absolute atomic E-state index is 4.67. The zero-order valence-corrected chi connectivity index (χ0v) is 10.9. The van der Waals surface area contributed by atoms with E-state index in [9.17, 15) is 0 Å². The van der Waals surface area contributed by atoms with Crippen molar-refractivity contribution in [3.63, 3.8) is 0 Å². The van der Waals surface area contributed by atoms with E-state index in [0.717, 1.165) is 11.4 Å². The lowest BCUT2D eigenvalue weighted by Gasteiger charge is -2.15. The summed E-state index contributed by atoms with van der Waals surface area (Å²) in [5.74, 6) is 0. The van der Waals surface area contributed by atoms with E-state index in [1.165, 1.54) is 10.6 Å². The number of rotatable bonds is 2. The Morgan fingerprint density at radius 3 is 2.67 bits per heavy atom. The number of thiazole rings is 1. The molecule has 0 N–H and O–H groups in total. The highest BCUT2D eigenvalue weighted by molar-refractivity contribution is 7.20. The maximum atomic E-state index is 4.67. The Balaban J connectivity index is 2.18. The molecule has 0 radical (unpaired) electrons. The Hall–Kier alpha value is -0.670. The molecule has 1 nitrogen and oxygen atoms in total. The number of hydrogen-bond acceptors (Lipinski definition) is 3. The lowest BCUT2D eigenvalue weighted by atomic mass is 9.91. The van der Waals surface area contributed by atoms with Crippen LogP contribution < -0.4 is 0 Å². The first-order valence-corrected chi connectivity index (χ1v) is 6.79. The molecule has 3 heteroatoms. The van der Waals surface area contributed by atoms with Gasteiger partial charge in [-0.1, -0.05) is 26.8 Å². The smallest absolute Gasteiger partial charge is 0.133 e. The van der Waals surface area contributed by atoms with Crippen LogP contribution in [0, 0.1) is 5.41 Å². The molecule has 0 aliphatic carbocycles. The molecule has 0 bridgehead atoms. The van der Waals surface area contributed by atoms with Gasteiger partial charge in [0.05, 0.1) is 10.6 Å². The summed E-state index contributed by atoms with van der Waals surface area (Å²) >= 11 is 3.50. The average molecular weight is 237 g/mol. The number of nitrogens with zero attached hydrogens (tertiary/aromatic N) is 1. The fraction of sp³-hybridized carbons (Fsp3) is 0.417. The first-order valence-electron chi connectivity index (χ1n) is 5.03. The van der Waals surface area contributed by atoms with E-state index in [1.54, 1.807) is 22.7 Å². The van der Waals surface area contributed by atoms with Gasteiger partial charge in [-0.3, -0.25) is 0 Å². The third-order valence-corrected chi connectivity index (χ3v) is 3.93. The van der Waals surface area contributed by atoms with Gasteiger partial charge in [0.25, 0.3) is 0 Å². The molecular formula is C12H15NS2. The first kappa shape index (κ1) is 10.8. The largest absolute Gasteiger partial charge is 0.240 e. The molecule has 0 aromatic carbocycles. The summed E-state index contributed by atoms with van der Waals surface area (Å²) in [6, 6.07) is 4.20. The highest BCUT2D eigenvalue weighted by Gasteiger charge is 2.14. The summed E-state index contributed by atoms with van der Waals surface area (Å²) in [4.78, 5) is 5.94. The van der Waals surface area contributed by atoms with Crippen molar-refractivity contribution in [1.29, 1.82) is 0 Å². The molecule has 2 rings (SSSR count). The van der Waals surface area contributed by atoms with Gasteiger partial charge < -0.3 is 0 Å². The zero-order chi connectivity index (χ0) is 10.9. The topological polar surface area (TPSA) is 12.9 Å². The second-order valence-electron chi connectivity index (χ2n) is 4.86. The molecule has 2 aromatic rings. The normalized spacial score (nSPS) is 11.9. The van der Waals surface area contributed by atoms with Crippen molar-refractivity contribution in [3.05, 3.63) is 28.6 Å². The molecule has 2 heterocycles. The van der Waals surface area contributed by atoms with Crippen molar-refractivity contribution in [3.8, 4) is 9.88 Å². The fourth-order valence-corrected chi connectivity index (χ4v) is 3.08. The Morgan fingerprint density at radius 2 is 2.07 bits per heavy atom. The first-order chi connectivity index (χ1) is 7.04. The molecule has 15 heavy (non-hydrogen) atoms. The highest BCUT2D eigenvalue weighted by atomic mass is 32.1. The van der Waals surface area contributed by atoms with Gasteiger partial charge in [-0.05, 0) is 23.3 Å². The summed E-state index contributed by atoms with van der Waals surface area (Å²) in [7, 11) is 0. The second-order valence-corrected chi connectivity index (χ2v) is 6.66. The van der Waals surface area contributed by atoms with Crippen molar-refractivity contribution < 1.29 is 0 Å². The van der Waals surface area contributed by atoms with Gasteiger partial charge in [0.2, 0.25) is 0 Å². The quantitative estimate of drug-likeness (QED) is 0.751. The van der Waals surface area contributed by atoms with Crippen LogP contribution in [-0.2, 0) is 6.42 Å². The molecule has 0 amide bonds. The van der Waals surface area contributed by atoms with Crippen molar-refractivity contribution in [2.45, 2.75) is 27.2 Å². The predicted molar refractivity (Wildman–Crippen MR) is 68.6 cm³/mol. The lowest BCUT2D eigenvalue weighted by Crippen LogP contribution is -2.09. The van der Waals surface area contributed by atoms with E-state index in [0.29, 0.717) is 5.41 Å². The van der Waals surface area contributed by atoms with E-state index in [2.05, 4.69) is 48.6 Å². The highest BCUT2D eigenvalue weighted by Crippen LogP contribution is 2.30. The van der Waals surface area contributed by atoms with Gasteiger partial charge in [0, 0.05) is 5.38 Å². The monoisotopic (exact) mass is 237 g/mol. The summed E-state index contributed by atoms with van der Waals surface area (Å²) in [5.41, 5.74) is 1.54. The van der Waals surface area contributed by atoms with E-state index in [4.69, 9.17) is 0 Å².